The number of hydrogen-bond donors (Lipinski definition) is 3. The van der Waals surface area contributed by atoms with E-state index in [1.165, 1.54) is 24.7 Å². The molecule has 1 atom stereocenters. The monoisotopic (exact) mass is 467 g/mol. The van der Waals surface area contributed by atoms with Gasteiger partial charge in [-0.15, -0.1) is 0 Å². The van der Waals surface area contributed by atoms with Crippen molar-refractivity contribution in [3.63, 3.8) is 0 Å². The molecule has 0 bridgehead atoms. The molecule has 7 nitrogen and oxygen atoms in total. The number of carbonyl (C=O) groups is 2. The van der Waals surface area contributed by atoms with E-state index >= 15 is 0 Å². The first-order valence-corrected chi connectivity index (χ1v) is 9.61. The molecule has 0 saturated heterocycles. The first-order valence-electron chi connectivity index (χ1n) is 9.23. The van der Waals surface area contributed by atoms with Gasteiger partial charge in [-0.2, -0.15) is 13.2 Å². The van der Waals surface area contributed by atoms with E-state index in [1.54, 1.807) is 12.1 Å². The van der Waals surface area contributed by atoms with Crippen LogP contribution in [0.5, 0.6) is 5.75 Å². The Kier molecular flexibility index (Phi) is 7.04. The minimum absolute atomic E-state index is 0.000203. The van der Waals surface area contributed by atoms with Gasteiger partial charge in [0.2, 0.25) is 0 Å². The normalized spacial score (nSPS) is 12.2. The Balaban J connectivity index is 1.66. The minimum atomic E-state index is -4.52. The van der Waals surface area contributed by atoms with Crippen molar-refractivity contribution in [1.82, 2.24) is 15.3 Å². The highest BCUT2D eigenvalue weighted by atomic mass is 35.5. The highest BCUT2D eigenvalue weighted by molar-refractivity contribution is 6.32. The van der Waals surface area contributed by atoms with Gasteiger partial charge < -0.3 is 20.1 Å². The van der Waals surface area contributed by atoms with Crippen LogP contribution in [0.4, 0.5) is 13.2 Å². The van der Waals surface area contributed by atoms with Crippen molar-refractivity contribution in [1.29, 1.82) is 0 Å². The molecule has 1 heterocycles. The lowest BCUT2D eigenvalue weighted by Crippen LogP contribution is -2.42. The molecule has 0 spiro atoms. The van der Waals surface area contributed by atoms with E-state index in [-0.39, 0.29) is 29.4 Å². The van der Waals surface area contributed by atoms with Crippen LogP contribution in [0.1, 0.15) is 27.2 Å². The van der Waals surface area contributed by atoms with Crippen LogP contribution in [0.25, 0.3) is 0 Å². The maximum atomic E-state index is 12.7. The number of amides is 1. The zero-order valence-corrected chi connectivity index (χ0v) is 17.1. The number of imidazole rings is 1. The number of aromatic nitrogens is 2. The van der Waals surface area contributed by atoms with Gasteiger partial charge in [-0.05, 0) is 35.9 Å². The second-order valence-corrected chi connectivity index (χ2v) is 7.17. The number of H-pyrrole nitrogens is 1. The van der Waals surface area contributed by atoms with E-state index in [2.05, 4.69) is 15.3 Å². The zero-order valence-electron chi connectivity index (χ0n) is 16.3. The number of nitrogens with one attached hydrogen (secondary N) is 2. The van der Waals surface area contributed by atoms with Crippen LogP contribution in [0.2, 0.25) is 5.02 Å². The summed E-state index contributed by atoms with van der Waals surface area (Å²) in [6, 6.07) is 7.77. The molecule has 2 aromatic carbocycles. The second kappa shape index (κ2) is 9.73. The van der Waals surface area contributed by atoms with Gasteiger partial charge in [-0.1, -0.05) is 23.7 Å². The number of hydrogen-bond acceptors (Lipinski definition) is 4. The number of carboxylic acids is 1. The van der Waals surface area contributed by atoms with Gasteiger partial charge in [0.05, 0.1) is 22.6 Å². The van der Waals surface area contributed by atoms with Crippen LogP contribution in [-0.2, 0) is 24.0 Å². The number of halogens is 4. The van der Waals surface area contributed by atoms with Crippen molar-refractivity contribution in [2.45, 2.75) is 25.2 Å². The Morgan fingerprint density at radius 3 is 2.62 bits per heavy atom. The first-order chi connectivity index (χ1) is 15.1. The van der Waals surface area contributed by atoms with Crippen LogP contribution in [0.15, 0.2) is 55.0 Å². The fourth-order valence-electron chi connectivity index (χ4n) is 2.81. The molecule has 0 radical (unpaired) electrons. The van der Waals surface area contributed by atoms with Crippen molar-refractivity contribution >= 4 is 23.5 Å². The van der Waals surface area contributed by atoms with Gasteiger partial charge >= 0.3 is 12.1 Å². The summed E-state index contributed by atoms with van der Waals surface area (Å²) in [7, 11) is 0. The molecule has 168 valence electrons. The molecule has 3 rings (SSSR count). The summed E-state index contributed by atoms with van der Waals surface area (Å²) < 4.78 is 43.7. The Bertz CT molecular complexity index is 1100. The number of carboxylic acid groups (broad SMARTS) is 1. The number of ether oxygens (including phenoxy) is 1. The smallest absolute Gasteiger partial charge is 0.416 e. The van der Waals surface area contributed by atoms with E-state index in [4.69, 9.17) is 16.3 Å². The summed E-state index contributed by atoms with van der Waals surface area (Å²) in [4.78, 5) is 30.7. The van der Waals surface area contributed by atoms with Crippen molar-refractivity contribution in [3.05, 3.63) is 82.4 Å². The van der Waals surface area contributed by atoms with E-state index in [9.17, 15) is 27.9 Å². The molecule has 0 unspecified atom stereocenters. The van der Waals surface area contributed by atoms with Gasteiger partial charge in [0.15, 0.2) is 0 Å². The minimum Gasteiger partial charge on any atom is -0.487 e. The third kappa shape index (κ3) is 6.01. The van der Waals surface area contributed by atoms with Crippen molar-refractivity contribution in [2.24, 2.45) is 0 Å². The molecule has 0 saturated carbocycles. The van der Waals surface area contributed by atoms with Crippen molar-refractivity contribution in [3.8, 4) is 5.75 Å². The topological polar surface area (TPSA) is 104 Å². The van der Waals surface area contributed by atoms with Crippen molar-refractivity contribution < 1.29 is 32.6 Å². The lowest BCUT2D eigenvalue weighted by atomic mass is 10.1. The Labute approximate surface area is 185 Å². The van der Waals surface area contributed by atoms with E-state index < -0.39 is 29.7 Å². The molecule has 3 N–H and O–H groups in total. The van der Waals surface area contributed by atoms with E-state index in [0.29, 0.717) is 11.3 Å². The Hall–Kier alpha value is -3.53. The highest BCUT2D eigenvalue weighted by Crippen LogP contribution is 2.34. The maximum Gasteiger partial charge on any atom is 0.416 e. The van der Waals surface area contributed by atoms with E-state index in [0.717, 1.165) is 18.2 Å². The largest absolute Gasteiger partial charge is 0.487 e. The van der Waals surface area contributed by atoms with Crippen LogP contribution in [0, 0.1) is 0 Å². The molecule has 11 heteroatoms. The van der Waals surface area contributed by atoms with Crippen LogP contribution in [0.3, 0.4) is 0 Å². The lowest BCUT2D eigenvalue weighted by molar-refractivity contribution is -0.139. The predicted octanol–water partition coefficient (Wildman–Crippen LogP) is 4.09. The number of aliphatic carboxylic acids is 1. The molecule has 0 fully saturated rings. The van der Waals surface area contributed by atoms with Gasteiger partial charge in [-0.25, -0.2) is 9.78 Å². The Morgan fingerprint density at radius 1 is 1.22 bits per heavy atom. The van der Waals surface area contributed by atoms with Crippen LogP contribution >= 0.6 is 11.6 Å². The molecular weight excluding hydrogens is 451 g/mol. The van der Waals surface area contributed by atoms with Gasteiger partial charge in [0.25, 0.3) is 5.91 Å². The van der Waals surface area contributed by atoms with Gasteiger partial charge in [-0.3, -0.25) is 4.79 Å². The SMILES string of the molecule is O=C(N[C@@H](Cc1c[nH]cn1)C(=O)O)c1cccc(COc2ccc(C(F)(F)F)cc2Cl)c1. The number of aromatic amines is 1. The number of benzene rings is 2. The molecular formula is C21H17ClF3N3O4. The van der Waals surface area contributed by atoms with Gasteiger partial charge in [0.1, 0.15) is 18.4 Å². The summed E-state index contributed by atoms with van der Waals surface area (Å²) >= 11 is 5.88. The fraction of sp³-hybridized carbons (Fsp3) is 0.190. The fourth-order valence-corrected chi connectivity index (χ4v) is 3.05. The summed E-state index contributed by atoms with van der Waals surface area (Å²) in [6.45, 7) is -0.0676. The zero-order chi connectivity index (χ0) is 23.3. The number of rotatable bonds is 8. The predicted molar refractivity (Wildman–Crippen MR) is 108 cm³/mol. The third-order valence-electron chi connectivity index (χ3n) is 4.41. The lowest BCUT2D eigenvalue weighted by Gasteiger charge is -2.14. The summed E-state index contributed by atoms with van der Waals surface area (Å²) in [5.74, 6) is -1.76. The number of carbonyl (C=O) groups excluding carboxylic acids is 1. The summed E-state index contributed by atoms with van der Waals surface area (Å²) in [6.07, 6.45) is -1.58. The molecule has 1 aromatic heterocycles. The summed E-state index contributed by atoms with van der Waals surface area (Å²) in [5, 5.41) is 11.6. The molecule has 0 aliphatic heterocycles. The van der Waals surface area contributed by atoms with Gasteiger partial charge in [0, 0.05) is 18.2 Å². The quantitative estimate of drug-likeness (QED) is 0.463. The standard InChI is InChI=1S/C21H17ClF3N3O4/c22-16-7-14(21(23,24)25)4-5-18(16)32-10-12-2-1-3-13(6-12)19(29)28-17(20(30)31)8-15-9-26-11-27-15/h1-7,9,11,17H,8,10H2,(H,26,27)(H,28,29)(H,30,31)/t17-/m0/s1. The molecule has 32 heavy (non-hydrogen) atoms. The van der Waals surface area contributed by atoms with Crippen LogP contribution < -0.4 is 10.1 Å². The molecule has 1 amide bonds. The Morgan fingerprint density at radius 2 is 2.00 bits per heavy atom. The average molecular weight is 468 g/mol. The second-order valence-electron chi connectivity index (χ2n) is 6.76. The molecule has 0 aliphatic rings. The first kappa shape index (κ1) is 23.1. The number of alkyl halides is 3. The van der Waals surface area contributed by atoms with E-state index in [1.807, 2.05) is 0 Å². The van der Waals surface area contributed by atoms with Crippen LogP contribution in [-0.4, -0.2) is 33.0 Å². The maximum absolute atomic E-state index is 12.7. The average Bonchev–Trinajstić information content (AvgIpc) is 3.25. The summed E-state index contributed by atoms with van der Waals surface area (Å²) in [5.41, 5.74) is 0.315. The highest BCUT2D eigenvalue weighted by Gasteiger charge is 2.31. The molecule has 0 aliphatic carbocycles. The molecule has 3 aromatic rings. The third-order valence-corrected chi connectivity index (χ3v) is 4.71. The number of nitrogens with zero attached hydrogens (tertiary/aromatic N) is 1. The van der Waals surface area contributed by atoms with Crippen molar-refractivity contribution in [2.75, 3.05) is 0 Å².